The Kier molecular flexibility index (Phi) is 4.83. The summed E-state index contributed by atoms with van der Waals surface area (Å²) in [5.41, 5.74) is 3.78. The van der Waals surface area contributed by atoms with Gasteiger partial charge >= 0.3 is 0 Å². The normalized spacial score (nSPS) is 29.6. The van der Waals surface area contributed by atoms with Crippen molar-refractivity contribution >= 4 is 11.3 Å². The molecule has 4 aliphatic heterocycles. The van der Waals surface area contributed by atoms with E-state index in [1.54, 1.807) is 18.2 Å². The Labute approximate surface area is 205 Å². The molecule has 6 heteroatoms. The number of ether oxygens (including phenoxy) is 4. The molecule has 4 aliphatic rings. The van der Waals surface area contributed by atoms with Gasteiger partial charge in [-0.1, -0.05) is 11.6 Å². The molecule has 6 rings (SSSR count). The van der Waals surface area contributed by atoms with Crippen molar-refractivity contribution in [1.29, 1.82) is 0 Å². The molecule has 0 spiro atoms. The molecule has 0 aromatic heterocycles. The zero-order valence-electron chi connectivity index (χ0n) is 20.8. The van der Waals surface area contributed by atoms with E-state index < -0.39 is 5.60 Å². The van der Waals surface area contributed by atoms with E-state index in [1.807, 2.05) is 26.0 Å². The Balaban J connectivity index is 1.51. The van der Waals surface area contributed by atoms with E-state index in [9.17, 15) is 10.2 Å². The summed E-state index contributed by atoms with van der Waals surface area (Å²) in [6.45, 7) is 10.3. The van der Waals surface area contributed by atoms with Crippen LogP contribution in [0.25, 0.3) is 11.3 Å². The number of allylic oxidation sites excluding steroid dienone is 2. The molecule has 0 radical (unpaired) electrons. The topological polar surface area (TPSA) is 77.4 Å². The summed E-state index contributed by atoms with van der Waals surface area (Å²) < 4.78 is 25.8. The van der Waals surface area contributed by atoms with Crippen molar-refractivity contribution in [3.63, 3.8) is 0 Å². The van der Waals surface area contributed by atoms with Crippen molar-refractivity contribution in [3.8, 4) is 23.0 Å². The second kappa shape index (κ2) is 7.52. The van der Waals surface area contributed by atoms with Crippen molar-refractivity contribution in [1.82, 2.24) is 0 Å². The van der Waals surface area contributed by atoms with Crippen molar-refractivity contribution in [2.75, 3.05) is 0 Å². The Morgan fingerprint density at radius 3 is 2.57 bits per heavy atom. The van der Waals surface area contributed by atoms with E-state index >= 15 is 0 Å². The van der Waals surface area contributed by atoms with Crippen LogP contribution in [0.1, 0.15) is 64.2 Å². The van der Waals surface area contributed by atoms with Gasteiger partial charge in [0.25, 0.3) is 0 Å². The maximum atomic E-state index is 10.8. The quantitative estimate of drug-likeness (QED) is 0.511. The third-order valence-corrected chi connectivity index (χ3v) is 7.74. The molecule has 4 unspecified atom stereocenters. The predicted octanol–water partition coefficient (Wildman–Crippen LogP) is 6.09. The van der Waals surface area contributed by atoms with Gasteiger partial charge in [-0.25, -0.2) is 0 Å². The van der Waals surface area contributed by atoms with Crippen LogP contribution < -0.4 is 4.74 Å². The first-order chi connectivity index (χ1) is 16.5. The number of rotatable bonds is 2. The van der Waals surface area contributed by atoms with Crippen LogP contribution in [-0.4, -0.2) is 39.7 Å². The van der Waals surface area contributed by atoms with E-state index in [-0.39, 0.29) is 35.4 Å². The Morgan fingerprint density at radius 2 is 1.83 bits per heavy atom. The van der Waals surface area contributed by atoms with Gasteiger partial charge in [-0.15, -0.1) is 0 Å². The van der Waals surface area contributed by atoms with Gasteiger partial charge in [-0.3, -0.25) is 0 Å². The fraction of sp³-hybridized carbons (Fsp3) is 0.448. The fourth-order valence-electron chi connectivity index (χ4n) is 5.85. The molecule has 2 aromatic rings. The second-order valence-electron chi connectivity index (χ2n) is 11.2. The summed E-state index contributed by atoms with van der Waals surface area (Å²) in [5, 5.41) is 21.0. The van der Waals surface area contributed by atoms with Crippen molar-refractivity contribution in [2.45, 2.75) is 83.4 Å². The SMILES string of the molecule is CC(C)=CCc1cc2c(cc1O)Oc1cc(O)ccc1C1=C2CC2OC3C(CC2(C)O1)OC3(C)C. The minimum Gasteiger partial charge on any atom is -0.508 e. The zero-order valence-corrected chi connectivity index (χ0v) is 20.8. The van der Waals surface area contributed by atoms with E-state index in [2.05, 4.69) is 26.8 Å². The van der Waals surface area contributed by atoms with Gasteiger partial charge in [-0.05, 0) is 64.8 Å². The first-order valence-electron chi connectivity index (χ1n) is 12.3. The predicted molar refractivity (Wildman–Crippen MR) is 133 cm³/mol. The number of phenolic OH excluding ortho intramolecular Hbond substituents is 2. The van der Waals surface area contributed by atoms with E-state index in [1.165, 1.54) is 5.57 Å². The zero-order chi connectivity index (χ0) is 24.7. The minimum absolute atomic E-state index is 0.00891. The van der Waals surface area contributed by atoms with Crippen LogP contribution in [0.4, 0.5) is 0 Å². The van der Waals surface area contributed by atoms with Crippen LogP contribution in [0.3, 0.4) is 0 Å². The maximum absolute atomic E-state index is 10.8. The Hall–Kier alpha value is -2.96. The van der Waals surface area contributed by atoms with Crippen molar-refractivity contribution < 1.29 is 29.2 Å². The number of fused-ring (bicyclic) bond motifs is 6. The van der Waals surface area contributed by atoms with Gasteiger partial charge in [0.1, 0.15) is 46.6 Å². The van der Waals surface area contributed by atoms with Crippen LogP contribution in [0.2, 0.25) is 0 Å². The average Bonchev–Trinajstić information content (AvgIpc) is 2.88. The molecule has 2 N–H and O–H groups in total. The van der Waals surface area contributed by atoms with Crippen LogP contribution in [0.15, 0.2) is 42.0 Å². The van der Waals surface area contributed by atoms with Crippen LogP contribution in [0, 0.1) is 0 Å². The van der Waals surface area contributed by atoms with Crippen LogP contribution >= 0.6 is 0 Å². The molecule has 0 aliphatic carbocycles. The summed E-state index contributed by atoms with van der Waals surface area (Å²) in [5.74, 6) is 2.04. The van der Waals surface area contributed by atoms with Crippen molar-refractivity contribution in [3.05, 3.63) is 58.7 Å². The Bertz CT molecular complexity index is 1280. The highest BCUT2D eigenvalue weighted by Gasteiger charge is 2.61. The molecule has 184 valence electrons. The average molecular weight is 477 g/mol. The van der Waals surface area contributed by atoms with Gasteiger partial charge in [-0.2, -0.15) is 0 Å². The lowest BCUT2D eigenvalue weighted by Crippen LogP contribution is -2.70. The highest BCUT2D eigenvalue weighted by Crippen LogP contribution is 2.56. The van der Waals surface area contributed by atoms with Gasteiger partial charge < -0.3 is 29.2 Å². The number of benzene rings is 2. The largest absolute Gasteiger partial charge is 0.508 e. The van der Waals surface area contributed by atoms with Gasteiger partial charge in [0.15, 0.2) is 0 Å². The van der Waals surface area contributed by atoms with Gasteiger partial charge in [0, 0.05) is 36.1 Å². The molecular weight excluding hydrogens is 444 g/mol. The molecule has 0 amide bonds. The maximum Gasteiger partial charge on any atom is 0.142 e. The minimum atomic E-state index is -0.558. The summed E-state index contributed by atoms with van der Waals surface area (Å²) in [6.07, 6.45) is 4.00. The molecule has 6 nitrogen and oxygen atoms in total. The summed E-state index contributed by atoms with van der Waals surface area (Å²) in [6, 6.07) is 8.73. The smallest absolute Gasteiger partial charge is 0.142 e. The number of hydrogen-bond acceptors (Lipinski definition) is 6. The number of phenols is 2. The van der Waals surface area contributed by atoms with E-state index in [0.29, 0.717) is 24.3 Å². The summed E-state index contributed by atoms with van der Waals surface area (Å²) in [7, 11) is 0. The number of hydrogen-bond donors (Lipinski definition) is 2. The van der Waals surface area contributed by atoms with E-state index in [0.717, 1.165) is 34.4 Å². The first-order valence-corrected chi connectivity index (χ1v) is 12.3. The molecule has 2 aromatic carbocycles. The molecule has 4 atom stereocenters. The van der Waals surface area contributed by atoms with E-state index in [4.69, 9.17) is 18.9 Å². The molecule has 0 bridgehead atoms. The first kappa shape index (κ1) is 22.5. The lowest BCUT2D eigenvalue weighted by Gasteiger charge is -2.60. The highest BCUT2D eigenvalue weighted by molar-refractivity contribution is 5.94. The lowest BCUT2D eigenvalue weighted by molar-refractivity contribution is -0.351. The highest BCUT2D eigenvalue weighted by atomic mass is 16.6. The summed E-state index contributed by atoms with van der Waals surface area (Å²) in [4.78, 5) is 0. The number of aromatic hydroxyl groups is 2. The van der Waals surface area contributed by atoms with Crippen LogP contribution in [0.5, 0.6) is 23.0 Å². The molecule has 2 saturated heterocycles. The fourth-order valence-corrected chi connectivity index (χ4v) is 5.85. The monoisotopic (exact) mass is 476 g/mol. The summed E-state index contributed by atoms with van der Waals surface area (Å²) >= 11 is 0. The molecule has 0 saturated carbocycles. The molecule has 2 fully saturated rings. The van der Waals surface area contributed by atoms with Crippen LogP contribution in [-0.2, 0) is 20.6 Å². The third kappa shape index (κ3) is 3.54. The Morgan fingerprint density at radius 1 is 1.06 bits per heavy atom. The second-order valence-corrected chi connectivity index (χ2v) is 11.2. The van der Waals surface area contributed by atoms with Gasteiger partial charge in [0.05, 0.1) is 17.3 Å². The molecular formula is C29H32O6. The van der Waals surface area contributed by atoms with Gasteiger partial charge in [0.2, 0.25) is 0 Å². The molecule has 4 heterocycles. The lowest BCUT2D eigenvalue weighted by atomic mass is 9.74. The standard InChI is InChI=1S/C29H32O6/c1-15(2)6-7-16-10-19-20-12-25-29(5,14-24-27(33-25)28(3,4)34-24)35-26(20)18-9-8-17(30)11-22(18)32-23(19)13-21(16)31/h6,8-11,13,24-25,27,30-31H,7,12,14H2,1-5H3. The third-order valence-electron chi connectivity index (χ3n) is 7.74. The van der Waals surface area contributed by atoms with Crippen molar-refractivity contribution in [2.24, 2.45) is 0 Å². The molecule has 35 heavy (non-hydrogen) atoms.